The molecule has 0 spiro atoms. The molecular weight excluding hydrogens is 274 g/mol. The van der Waals surface area contributed by atoms with E-state index in [0.29, 0.717) is 12.2 Å². The van der Waals surface area contributed by atoms with E-state index < -0.39 is 0 Å². The predicted molar refractivity (Wildman–Crippen MR) is 88.4 cm³/mol. The summed E-state index contributed by atoms with van der Waals surface area (Å²) in [6.45, 7) is 6.20. The Labute approximate surface area is 131 Å². The molecule has 4 nitrogen and oxygen atoms in total. The third-order valence-electron chi connectivity index (χ3n) is 4.31. The number of carbonyl (C=O) groups is 1. The lowest BCUT2D eigenvalue weighted by Crippen LogP contribution is -2.44. The highest BCUT2D eigenvalue weighted by atomic mass is 16.2. The lowest BCUT2D eigenvalue weighted by atomic mass is 10.0. The van der Waals surface area contributed by atoms with E-state index in [1.54, 1.807) is 5.01 Å². The maximum absolute atomic E-state index is 12.2. The largest absolute Gasteiger partial charge is 0.273 e. The van der Waals surface area contributed by atoms with Crippen LogP contribution in [0.4, 0.5) is 5.82 Å². The highest BCUT2D eigenvalue weighted by molar-refractivity contribution is 5.94. The Bertz CT molecular complexity index is 707. The number of anilines is 1. The van der Waals surface area contributed by atoms with Crippen molar-refractivity contribution < 1.29 is 4.79 Å². The van der Waals surface area contributed by atoms with Gasteiger partial charge in [0.25, 0.3) is 0 Å². The number of benzene rings is 1. The molecule has 1 aromatic heterocycles. The molecule has 0 atom stereocenters. The van der Waals surface area contributed by atoms with Crippen LogP contribution in [0.1, 0.15) is 25.8 Å². The molecule has 1 amide bonds. The standard InChI is InChI=1S/C18H21N3O/c1-13-6-5-7-14(10-13)15-8-9-16(19-12-15)21-17(22)11-18(2,3)20(21)4/h5-10,12H,11H2,1-4H3. The molecule has 2 heterocycles. The van der Waals surface area contributed by atoms with Gasteiger partial charge in [-0.3, -0.25) is 4.79 Å². The van der Waals surface area contributed by atoms with E-state index in [1.165, 1.54) is 5.56 Å². The fraction of sp³-hybridized carbons (Fsp3) is 0.333. The Morgan fingerprint density at radius 2 is 1.91 bits per heavy atom. The lowest BCUT2D eigenvalue weighted by molar-refractivity contribution is -0.118. The van der Waals surface area contributed by atoms with Gasteiger partial charge in [0.2, 0.25) is 5.91 Å². The summed E-state index contributed by atoms with van der Waals surface area (Å²) >= 11 is 0. The van der Waals surface area contributed by atoms with E-state index in [-0.39, 0.29) is 11.4 Å². The summed E-state index contributed by atoms with van der Waals surface area (Å²) in [5.74, 6) is 0.762. The summed E-state index contributed by atoms with van der Waals surface area (Å²) in [5.41, 5.74) is 3.24. The van der Waals surface area contributed by atoms with Crippen LogP contribution in [-0.4, -0.2) is 28.5 Å². The predicted octanol–water partition coefficient (Wildman–Crippen LogP) is 3.42. The molecule has 1 aliphatic heterocycles. The molecule has 0 N–H and O–H groups in total. The zero-order valence-electron chi connectivity index (χ0n) is 13.5. The van der Waals surface area contributed by atoms with Gasteiger partial charge in [-0.05, 0) is 38.5 Å². The van der Waals surface area contributed by atoms with Crippen LogP contribution in [0.5, 0.6) is 0 Å². The monoisotopic (exact) mass is 295 g/mol. The van der Waals surface area contributed by atoms with E-state index in [4.69, 9.17) is 0 Å². The van der Waals surface area contributed by atoms with Crippen molar-refractivity contribution in [1.82, 2.24) is 9.99 Å². The smallest absolute Gasteiger partial charge is 0.244 e. The van der Waals surface area contributed by atoms with E-state index in [0.717, 1.165) is 11.1 Å². The SMILES string of the molecule is Cc1cccc(-c2ccc(N3C(=O)CC(C)(C)N3C)nc2)c1. The summed E-state index contributed by atoms with van der Waals surface area (Å²) in [6.07, 6.45) is 2.33. The van der Waals surface area contributed by atoms with Crippen molar-refractivity contribution >= 4 is 11.7 Å². The van der Waals surface area contributed by atoms with Crippen LogP contribution in [0, 0.1) is 6.92 Å². The van der Waals surface area contributed by atoms with E-state index >= 15 is 0 Å². The Morgan fingerprint density at radius 3 is 2.45 bits per heavy atom. The quantitative estimate of drug-likeness (QED) is 0.852. The number of aryl methyl sites for hydroxylation is 1. The first-order chi connectivity index (χ1) is 10.4. The number of nitrogens with zero attached hydrogens (tertiary/aromatic N) is 3. The van der Waals surface area contributed by atoms with Gasteiger partial charge in [0, 0.05) is 30.8 Å². The molecule has 1 saturated heterocycles. The van der Waals surface area contributed by atoms with Crippen molar-refractivity contribution in [2.75, 3.05) is 12.1 Å². The number of hydrogen-bond acceptors (Lipinski definition) is 3. The molecule has 22 heavy (non-hydrogen) atoms. The molecule has 0 unspecified atom stereocenters. The minimum atomic E-state index is -0.173. The summed E-state index contributed by atoms with van der Waals surface area (Å²) < 4.78 is 0. The molecule has 1 fully saturated rings. The van der Waals surface area contributed by atoms with Crippen LogP contribution in [0.15, 0.2) is 42.6 Å². The van der Waals surface area contributed by atoms with E-state index in [9.17, 15) is 4.79 Å². The average molecular weight is 295 g/mol. The van der Waals surface area contributed by atoms with Crippen LogP contribution in [-0.2, 0) is 4.79 Å². The van der Waals surface area contributed by atoms with Gasteiger partial charge in [-0.2, -0.15) is 0 Å². The number of carbonyl (C=O) groups excluding carboxylic acids is 1. The van der Waals surface area contributed by atoms with Crippen molar-refractivity contribution in [2.24, 2.45) is 0 Å². The molecule has 0 aliphatic carbocycles. The Morgan fingerprint density at radius 1 is 1.14 bits per heavy atom. The molecule has 1 aromatic carbocycles. The molecule has 3 rings (SSSR count). The molecule has 0 saturated carbocycles. The third-order valence-corrected chi connectivity index (χ3v) is 4.31. The average Bonchev–Trinajstić information content (AvgIpc) is 2.67. The molecular formula is C18H21N3O. The molecule has 1 aliphatic rings. The second-order valence-corrected chi connectivity index (χ2v) is 6.49. The van der Waals surface area contributed by atoms with Crippen LogP contribution in [0.2, 0.25) is 0 Å². The molecule has 2 aromatic rings. The van der Waals surface area contributed by atoms with Crippen LogP contribution >= 0.6 is 0 Å². The van der Waals surface area contributed by atoms with Gasteiger partial charge in [0.05, 0.1) is 0 Å². The maximum atomic E-state index is 12.2. The topological polar surface area (TPSA) is 36.4 Å². The van der Waals surface area contributed by atoms with Gasteiger partial charge in [0.15, 0.2) is 0 Å². The summed E-state index contributed by atoms with van der Waals surface area (Å²) in [6, 6.07) is 12.2. The second-order valence-electron chi connectivity index (χ2n) is 6.49. The van der Waals surface area contributed by atoms with Crippen LogP contribution < -0.4 is 5.01 Å². The van der Waals surface area contributed by atoms with Gasteiger partial charge >= 0.3 is 0 Å². The van der Waals surface area contributed by atoms with Crippen molar-refractivity contribution in [2.45, 2.75) is 32.7 Å². The number of hydrazine groups is 1. The van der Waals surface area contributed by atoms with Gasteiger partial charge in [-0.1, -0.05) is 29.8 Å². The summed E-state index contributed by atoms with van der Waals surface area (Å²) in [5, 5.41) is 3.63. The summed E-state index contributed by atoms with van der Waals surface area (Å²) in [4.78, 5) is 16.7. The van der Waals surface area contributed by atoms with Crippen molar-refractivity contribution in [3.63, 3.8) is 0 Å². The summed E-state index contributed by atoms with van der Waals surface area (Å²) in [7, 11) is 1.93. The number of pyridine rings is 1. The van der Waals surface area contributed by atoms with Gasteiger partial charge in [-0.15, -0.1) is 0 Å². The number of hydrogen-bond donors (Lipinski definition) is 0. The normalized spacial score (nSPS) is 18.0. The third kappa shape index (κ3) is 2.50. The first-order valence-corrected chi connectivity index (χ1v) is 7.48. The highest BCUT2D eigenvalue weighted by Gasteiger charge is 2.42. The van der Waals surface area contributed by atoms with Crippen LogP contribution in [0.25, 0.3) is 11.1 Å². The van der Waals surface area contributed by atoms with Crippen molar-refractivity contribution in [3.8, 4) is 11.1 Å². The zero-order valence-corrected chi connectivity index (χ0v) is 13.5. The molecule has 4 heteroatoms. The van der Waals surface area contributed by atoms with Gasteiger partial charge in [0.1, 0.15) is 5.82 Å². The highest BCUT2D eigenvalue weighted by Crippen LogP contribution is 2.32. The fourth-order valence-electron chi connectivity index (χ4n) is 2.79. The first-order valence-electron chi connectivity index (χ1n) is 7.48. The number of aromatic nitrogens is 1. The second kappa shape index (κ2) is 5.21. The van der Waals surface area contributed by atoms with Gasteiger partial charge < -0.3 is 0 Å². The number of amides is 1. The zero-order chi connectivity index (χ0) is 15.9. The maximum Gasteiger partial charge on any atom is 0.244 e. The van der Waals surface area contributed by atoms with E-state index in [1.807, 2.05) is 36.5 Å². The minimum Gasteiger partial charge on any atom is -0.273 e. The number of rotatable bonds is 2. The van der Waals surface area contributed by atoms with Crippen molar-refractivity contribution in [3.05, 3.63) is 48.2 Å². The van der Waals surface area contributed by atoms with E-state index in [2.05, 4.69) is 44.0 Å². The Balaban J connectivity index is 1.91. The lowest BCUT2D eigenvalue weighted by Gasteiger charge is -2.32. The Kier molecular flexibility index (Phi) is 3.49. The van der Waals surface area contributed by atoms with Crippen molar-refractivity contribution in [1.29, 1.82) is 0 Å². The van der Waals surface area contributed by atoms with Crippen LogP contribution in [0.3, 0.4) is 0 Å². The molecule has 0 bridgehead atoms. The molecule has 114 valence electrons. The van der Waals surface area contributed by atoms with Gasteiger partial charge in [-0.25, -0.2) is 15.0 Å². The molecule has 0 radical (unpaired) electrons. The first kappa shape index (κ1) is 14.7. The fourth-order valence-corrected chi connectivity index (χ4v) is 2.79. The minimum absolute atomic E-state index is 0.0864. The Hall–Kier alpha value is -2.20.